The lowest BCUT2D eigenvalue weighted by Gasteiger charge is -2.26. The average Bonchev–Trinajstić information content (AvgIpc) is 2.94. The van der Waals surface area contributed by atoms with Gasteiger partial charge in [-0.1, -0.05) is 37.9 Å². The van der Waals surface area contributed by atoms with E-state index in [2.05, 4.69) is 80.4 Å². The normalized spacial score (nSPS) is 12.6. The highest BCUT2D eigenvalue weighted by Gasteiger charge is 2.21. The number of aryl methyl sites for hydroxylation is 2. The van der Waals surface area contributed by atoms with Crippen LogP contribution in [0, 0.1) is 18.7 Å². The summed E-state index contributed by atoms with van der Waals surface area (Å²) in [6, 6.07) is 19.3. The van der Waals surface area contributed by atoms with Gasteiger partial charge in [-0.2, -0.15) is 4.98 Å². The van der Waals surface area contributed by atoms with Crippen molar-refractivity contribution in [2.75, 3.05) is 17.2 Å². The Balaban J connectivity index is 1.37. The minimum atomic E-state index is -0.229. The molecule has 0 amide bonds. The van der Waals surface area contributed by atoms with Gasteiger partial charge >= 0.3 is 0 Å². The third-order valence-electron chi connectivity index (χ3n) is 6.85. The number of nitrogens with zero attached hydrogens (tertiary/aromatic N) is 3. The zero-order chi connectivity index (χ0) is 26.7. The van der Waals surface area contributed by atoms with E-state index in [-0.39, 0.29) is 5.82 Å². The van der Waals surface area contributed by atoms with Crippen LogP contribution in [0.25, 0.3) is 0 Å². The fourth-order valence-electron chi connectivity index (χ4n) is 4.83. The van der Waals surface area contributed by atoms with Crippen LogP contribution in [0.15, 0.2) is 79.3 Å². The Morgan fingerprint density at radius 3 is 2.47 bits per heavy atom. The summed E-state index contributed by atoms with van der Waals surface area (Å²) in [5, 5.41) is 6.48. The summed E-state index contributed by atoms with van der Waals surface area (Å²) in [6.07, 6.45) is 9.77. The van der Waals surface area contributed by atoms with Crippen LogP contribution >= 0.6 is 12.8 Å². The summed E-state index contributed by atoms with van der Waals surface area (Å²) in [7, 11) is 0. The van der Waals surface area contributed by atoms with Crippen molar-refractivity contribution in [3.63, 3.8) is 0 Å². The summed E-state index contributed by atoms with van der Waals surface area (Å²) < 4.78 is 16.6. The lowest BCUT2D eigenvalue weighted by Crippen LogP contribution is -2.18. The van der Waals surface area contributed by atoms with Crippen LogP contribution in [0.5, 0.6) is 0 Å². The van der Waals surface area contributed by atoms with Crippen molar-refractivity contribution in [3.8, 4) is 0 Å². The number of rotatable bonds is 13. The van der Waals surface area contributed by atoms with Crippen molar-refractivity contribution in [1.29, 1.82) is 0 Å². The van der Waals surface area contributed by atoms with Gasteiger partial charge in [-0.3, -0.25) is 9.71 Å². The molecule has 2 atom stereocenters. The van der Waals surface area contributed by atoms with Crippen molar-refractivity contribution in [2.24, 2.45) is 5.92 Å². The Hall–Kier alpha value is -3.49. The van der Waals surface area contributed by atoms with Crippen LogP contribution in [0.3, 0.4) is 0 Å². The number of hydrogen-bond donors (Lipinski definition) is 4. The predicted molar refractivity (Wildman–Crippen MR) is 157 cm³/mol. The molecule has 0 saturated carbocycles. The maximum Gasteiger partial charge on any atom is 0.229 e. The maximum absolute atomic E-state index is 13.6. The van der Waals surface area contributed by atoms with Gasteiger partial charge in [0.2, 0.25) is 5.95 Å². The summed E-state index contributed by atoms with van der Waals surface area (Å²) in [5.41, 5.74) is 4.87. The molecule has 2 heterocycles. The van der Waals surface area contributed by atoms with Crippen LogP contribution in [0.1, 0.15) is 48.8 Å². The molecule has 38 heavy (non-hydrogen) atoms. The molecule has 0 saturated heterocycles. The average molecular weight is 531 g/mol. The van der Waals surface area contributed by atoms with Gasteiger partial charge in [0.05, 0.1) is 0 Å². The van der Waals surface area contributed by atoms with Gasteiger partial charge in [0.25, 0.3) is 0 Å². The predicted octanol–water partition coefficient (Wildman–Crippen LogP) is 7.37. The van der Waals surface area contributed by atoms with Crippen LogP contribution in [-0.4, -0.2) is 21.5 Å². The van der Waals surface area contributed by atoms with E-state index in [1.165, 1.54) is 17.2 Å². The van der Waals surface area contributed by atoms with E-state index >= 15 is 0 Å². The van der Waals surface area contributed by atoms with Gasteiger partial charge in [0.1, 0.15) is 11.6 Å². The molecule has 3 N–H and O–H groups in total. The van der Waals surface area contributed by atoms with Gasteiger partial charge in [0, 0.05) is 36.5 Å². The molecular weight excluding hydrogens is 495 g/mol. The Morgan fingerprint density at radius 2 is 1.76 bits per heavy atom. The van der Waals surface area contributed by atoms with Crippen molar-refractivity contribution >= 4 is 36.0 Å². The number of anilines is 4. The molecule has 8 heteroatoms. The SMILES string of the molecule is CCC(c1cccnc1)C(CCNS)CCc1ccc(Nc2nccc(Nc3ccc(F)c(C)c3)n2)cc1. The molecule has 0 radical (unpaired) electrons. The number of benzene rings is 2. The van der Waals surface area contributed by atoms with Crippen LogP contribution in [0.2, 0.25) is 0 Å². The molecule has 0 bridgehead atoms. The third kappa shape index (κ3) is 7.76. The molecule has 0 aliphatic rings. The molecule has 0 aliphatic heterocycles. The number of aromatic nitrogens is 3. The lowest BCUT2D eigenvalue weighted by atomic mass is 9.79. The van der Waals surface area contributed by atoms with E-state index in [1.54, 1.807) is 31.3 Å². The molecule has 2 aromatic carbocycles. The molecule has 6 nitrogen and oxygen atoms in total. The van der Waals surface area contributed by atoms with Crippen LogP contribution in [-0.2, 0) is 6.42 Å². The zero-order valence-electron chi connectivity index (χ0n) is 21.9. The van der Waals surface area contributed by atoms with Crippen molar-refractivity contribution in [2.45, 2.75) is 45.4 Å². The standard InChI is InChI=1S/C30H35FN6S/c1-3-27(24-5-4-16-32-20-24)23(14-18-34-38)9-6-22-7-10-25(11-8-22)36-30-33-17-15-29(37-30)35-26-12-13-28(31)21(2)19-26/h4-5,7-8,10-13,15-17,19-20,23,27,34,38H,3,6,9,14,18H2,1-2H3,(H2,33,35,36,37). The minimum Gasteiger partial charge on any atom is -0.340 e. The van der Waals surface area contributed by atoms with E-state index in [4.69, 9.17) is 0 Å². The van der Waals surface area contributed by atoms with Gasteiger partial charge < -0.3 is 10.6 Å². The Kier molecular flexibility index (Phi) is 10.1. The van der Waals surface area contributed by atoms with Crippen molar-refractivity contribution in [3.05, 3.63) is 102 Å². The van der Waals surface area contributed by atoms with Crippen LogP contribution in [0.4, 0.5) is 27.5 Å². The van der Waals surface area contributed by atoms with Gasteiger partial charge in [0.15, 0.2) is 0 Å². The van der Waals surface area contributed by atoms with Gasteiger partial charge in [-0.15, -0.1) is 0 Å². The first-order chi connectivity index (χ1) is 18.6. The molecule has 198 valence electrons. The smallest absolute Gasteiger partial charge is 0.229 e. The summed E-state index contributed by atoms with van der Waals surface area (Å²) in [6.45, 7) is 4.87. The van der Waals surface area contributed by atoms with E-state index in [0.717, 1.165) is 43.6 Å². The Bertz CT molecular complexity index is 1290. The second kappa shape index (κ2) is 13.9. The number of halogens is 1. The number of thiol groups is 1. The zero-order valence-corrected chi connectivity index (χ0v) is 22.8. The highest BCUT2D eigenvalue weighted by Crippen LogP contribution is 2.33. The molecule has 2 unspecified atom stereocenters. The molecule has 0 spiro atoms. The van der Waals surface area contributed by atoms with E-state index in [1.807, 2.05) is 18.5 Å². The monoisotopic (exact) mass is 530 g/mol. The molecule has 4 aromatic rings. The van der Waals surface area contributed by atoms with Crippen LogP contribution < -0.4 is 15.4 Å². The van der Waals surface area contributed by atoms with E-state index in [9.17, 15) is 4.39 Å². The lowest BCUT2D eigenvalue weighted by molar-refractivity contribution is 0.363. The molecule has 0 fully saturated rings. The first kappa shape index (κ1) is 27.5. The first-order valence-corrected chi connectivity index (χ1v) is 13.5. The van der Waals surface area contributed by atoms with Crippen molar-refractivity contribution in [1.82, 2.24) is 19.7 Å². The summed E-state index contributed by atoms with van der Waals surface area (Å²) >= 11 is 4.21. The second-order valence-corrected chi connectivity index (χ2v) is 9.79. The number of nitrogens with one attached hydrogen (secondary N) is 3. The van der Waals surface area contributed by atoms with E-state index < -0.39 is 0 Å². The Labute approximate surface area is 230 Å². The van der Waals surface area contributed by atoms with Crippen molar-refractivity contribution < 1.29 is 4.39 Å². The quantitative estimate of drug-likeness (QED) is 0.135. The number of pyridine rings is 1. The highest BCUT2D eigenvalue weighted by atomic mass is 32.1. The topological polar surface area (TPSA) is 74.8 Å². The van der Waals surface area contributed by atoms with Gasteiger partial charge in [-0.25, -0.2) is 9.37 Å². The molecule has 4 rings (SSSR count). The Morgan fingerprint density at radius 1 is 0.947 bits per heavy atom. The minimum absolute atomic E-state index is 0.229. The first-order valence-electron chi connectivity index (χ1n) is 13.0. The summed E-state index contributed by atoms with van der Waals surface area (Å²) in [4.78, 5) is 13.2. The molecular formula is C30H35FN6S. The fraction of sp³-hybridized carbons (Fsp3) is 0.300. The highest BCUT2D eigenvalue weighted by molar-refractivity contribution is 7.78. The second-order valence-electron chi connectivity index (χ2n) is 9.47. The maximum atomic E-state index is 13.6. The van der Waals surface area contributed by atoms with E-state index in [0.29, 0.717) is 29.2 Å². The largest absolute Gasteiger partial charge is 0.340 e. The number of hydrogen-bond acceptors (Lipinski definition) is 7. The molecule has 2 aromatic heterocycles. The summed E-state index contributed by atoms with van der Waals surface area (Å²) in [5.74, 6) is 1.90. The third-order valence-corrected chi connectivity index (χ3v) is 7.07. The molecule has 0 aliphatic carbocycles. The fourth-order valence-corrected chi connectivity index (χ4v) is 4.96. The van der Waals surface area contributed by atoms with Gasteiger partial charge in [-0.05, 0) is 104 Å².